The van der Waals surface area contributed by atoms with E-state index in [1.54, 1.807) is 40.3 Å². The van der Waals surface area contributed by atoms with Gasteiger partial charge < -0.3 is 23.3 Å². The van der Waals surface area contributed by atoms with Crippen molar-refractivity contribution in [1.29, 1.82) is 0 Å². The third kappa shape index (κ3) is 8.77. The average molecular weight is 938 g/mol. The van der Waals surface area contributed by atoms with Gasteiger partial charge in [0.15, 0.2) is 29.3 Å². The normalized spacial score (nSPS) is 19.9. The monoisotopic (exact) mass is 937 g/mol. The van der Waals surface area contributed by atoms with Gasteiger partial charge in [-0.05, 0) is 40.2 Å². The second-order valence-electron chi connectivity index (χ2n) is 11.9. The number of hydrogen-bond acceptors (Lipinski definition) is 12. The topological polar surface area (TPSA) is 169 Å². The van der Waals surface area contributed by atoms with Crippen LogP contribution >= 0.6 is 68.4 Å². The van der Waals surface area contributed by atoms with Crippen LogP contribution in [0.5, 0.6) is 0 Å². The van der Waals surface area contributed by atoms with Crippen LogP contribution in [-0.4, -0.2) is 86.4 Å². The van der Waals surface area contributed by atoms with Gasteiger partial charge in [-0.25, -0.2) is 44.4 Å². The van der Waals surface area contributed by atoms with E-state index >= 15 is 0 Å². The Hall–Kier alpha value is -3.17. The predicted octanol–water partition coefficient (Wildman–Crippen LogP) is 6.86. The molecule has 0 N–H and O–H groups in total. The number of amides is 2. The van der Waals surface area contributed by atoms with Crippen LogP contribution in [0.1, 0.15) is 59.5 Å². The van der Waals surface area contributed by atoms with Crippen molar-refractivity contribution in [2.24, 2.45) is 0 Å². The summed E-state index contributed by atoms with van der Waals surface area (Å²) in [5.74, 6) is -0.366. The molecule has 0 unspecified atom stereocenters. The molecule has 2 aliphatic carbocycles. The standard InChI is InChI=1S/C17H19ClIN5O3.C13H12ClIN4O3/c1-9(25)24(16(26)27-17(2,3)4)11-6-5-10(7-11)23-8-20-12-13(18)21-15(19)22-14(12)23;1-2-21-13(20)22-8-4-3-7(5-8)19-6-16-9-10(14)17-12(15)18-11(9)19/h5-6,8,10-11H,7H2,1-4H3;3-4,6-8H,2,5H2,1H3/t10-,11+;7-,8+/m00/s1. The fraction of sp³-hybridized carbons (Fsp3) is 0.433. The fourth-order valence-electron chi connectivity index (χ4n) is 5.28. The number of aromatic nitrogens is 8. The lowest BCUT2D eigenvalue weighted by atomic mass is 10.2. The van der Waals surface area contributed by atoms with E-state index in [1.807, 2.05) is 78.6 Å². The molecule has 0 saturated carbocycles. The molecular weight excluding hydrogens is 907 g/mol. The summed E-state index contributed by atoms with van der Waals surface area (Å²) in [5, 5.41) is 0.621. The van der Waals surface area contributed by atoms with Crippen LogP contribution in [0.3, 0.4) is 0 Å². The first kappa shape index (κ1) is 37.1. The molecule has 49 heavy (non-hydrogen) atoms. The minimum absolute atomic E-state index is 0.00815. The molecule has 2 amide bonds. The summed E-state index contributed by atoms with van der Waals surface area (Å²) >= 11 is 16.2. The zero-order valence-electron chi connectivity index (χ0n) is 26.9. The molecule has 0 spiro atoms. The second kappa shape index (κ2) is 15.4. The molecule has 0 bridgehead atoms. The van der Waals surface area contributed by atoms with E-state index in [0.29, 0.717) is 59.7 Å². The number of imide groups is 1. The van der Waals surface area contributed by atoms with Gasteiger partial charge in [0.1, 0.15) is 22.7 Å². The van der Waals surface area contributed by atoms with Gasteiger partial charge in [0.05, 0.1) is 37.4 Å². The molecule has 15 nitrogen and oxygen atoms in total. The van der Waals surface area contributed by atoms with Crippen LogP contribution in [0.25, 0.3) is 22.3 Å². The molecule has 2 aliphatic rings. The smallest absolute Gasteiger partial charge is 0.443 e. The van der Waals surface area contributed by atoms with Gasteiger partial charge in [0, 0.05) is 58.5 Å². The van der Waals surface area contributed by atoms with Crippen molar-refractivity contribution in [3.63, 3.8) is 0 Å². The molecule has 19 heteroatoms. The summed E-state index contributed by atoms with van der Waals surface area (Å²) in [7, 11) is 0. The molecule has 4 atom stereocenters. The molecule has 0 aromatic carbocycles. The lowest BCUT2D eigenvalue weighted by Crippen LogP contribution is -2.45. The van der Waals surface area contributed by atoms with Gasteiger partial charge >= 0.3 is 12.2 Å². The molecular formula is C30H31Cl2I2N9O6. The number of fused-ring (bicyclic) bond motifs is 2. The molecule has 0 saturated heterocycles. The minimum Gasteiger partial charge on any atom is -0.443 e. The second-order valence-corrected chi connectivity index (χ2v) is 14.5. The molecule has 4 aromatic rings. The van der Waals surface area contributed by atoms with Crippen LogP contribution in [0.15, 0.2) is 37.0 Å². The molecule has 0 aliphatic heterocycles. The summed E-state index contributed by atoms with van der Waals surface area (Å²) < 4.78 is 20.2. The van der Waals surface area contributed by atoms with Crippen LogP contribution in [-0.2, 0) is 19.0 Å². The predicted molar refractivity (Wildman–Crippen MR) is 196 cm³/mol. The SMILES string of the molecule is CC(=O)N(C(=O)OC(C)(C)C)[C@@H]1C=C[C@H](n2cnc3c(Cl)nc(I)nc32)C1.CCOC(=O)O[C@@H]1C=C[C@H](n2cnc3c(Cl)nc(I)nc32)C1. The Balaban J connectivity index is 0.000000195. The number of halogens is 4. The summed E-state index contributed by atoms with van der Waals surface area (Å²) in [6, 6.07) is -0.534. The molecule has 4 heterocycles. The summed E-state index contributed by atoms with van der Waals surface area (Å²) in [6.07, 6.45) is 10.3. The van der Waals surface area contributed by atoms with Crippen molar-refractivity contribution >= 4 is 109 Å². The Bertz CT molecular complexity index is 1960. The number of carbonyl (C=O) groups excluding carboxylic acids is 3. The summed E-state index contributed by atoms with van der Waals surface area (Å²) in [5.41, 5.74) is 1.67. The van der Waals surface area contributed by atoms with Crippen molar-refractivity contribution in [2.45, 2.75) is 77.3 Å². The Morgan fingerprint density at radius 1 is 0.878 bits per heavy atom. The molecule has 0 radical (unpaired) electrons. The molecule has 4 aromatic heterocycles. The maximum absolute atomic E-state index is 12.5. The van der Waals surface area contributed by atoms with E-state index < -0.39 is 23.9 Å². The maximum Gasteiger partial charge on any atom is 0.508 e. The van der Waals surface area contributed by atoms with Crippen molar-refractivity contribution in [1.82, 2.24) is 43.9 Å². The number of hydrogen-bond donors (Lipinski definition) is 0. The van der Waals surface area contributed by atoms with Gasteiger partial charge in [0.25, 0.3) is 0 Å². The summed E-state index contributed by atoms with van der Waals surface area (Å²) in [6.45, 7) is 8.67. The first-order valence-corrected chi connectivity index (χ1v) is 17.9. The Morgan fingerprint density at radius 3 is 1.92 bits per heavy atom. The van der Waals surface area contributed by atoms with Gasteiger partial charge in [-0.3, -0.25) is 4.79 Å². The highest BCUT2D eigenvalue weighted by Crippen LogP contribution is 2.32. The number of carbonyl (C=O) groups is 3. The molecule has 0 fully saturated rings. The van der Waals surface area contributed by atoms with Crippen LogP contribution in [0, 0.1) is 7.66 Å². The van der Waals surface area contributed by atoms with Crippen LogP contribution in [0.4, 0.5) is 9.59 Å². The van der Waals surface area contributed by atoms with Gasteiger partial charge in [-0.2, -0.15) is 0 Å². The van der Waals surface area contributed by atoms with Crippen molar-refractivity contribution < 1.29 is 28.6 Å². The number of ether oxygens (including phenoxy) is 3. The third-order valence-corrected chi connectivity index (χ3v) is 8.74. The van der Waals surface area contributed by atoms with E-state index in [4.69, 9.17) is 37.4 Å². The average Bonchev–Trinajstić information content (AvgIpc) is 3.79. The van der Waals surface area contributed by atoms with Crippen LogP contribution in [0.2, 0.25) is 10.3 Å². The minimum atomic E-state index is -0.683. The Kier molecular flexibility index (Phi) is 11.6. The highest BCUT2D eigenvalue weighted by atomic mass is 127. The number of imidazole rings is 2. The molecule has 260 valence electrons. The quantitative estimate of drug-likeness (QED) is 0.0671. The Morgan fingerprint density at radius 2 is 1.41 bits per heavy atom. The van der Waals surface area contributed by atoms with E-state index in [2.05, 4.69) is 29.9 Å². The van der Waals surface area contributed by atoms with Crippen molar-refractivity contribution in [3.05, 3.63) is 54.9 Å². The van der Waals surface area contributed by atoms with E-state index in [-0.39, 0.29) is 24.1 Å². The Labute approximate surface area is 318 Å². The number of nitrogens with zero attached hydrogens (tertiary/aromatic N) is 9. The van der Waals surface area contributed by atoms with Crippen molar-refractivity contribution in [2.75, 3.05) is 6.61 Å². The van der Waals surface area contributed by atoms with Crippen LogP contribution < -0.4 is 0 Å². The zero-order chi connectivity index (χ0) is 35.6. The lowest BCUT2D eigenvalue weighted by Gasteiger charge is -2.29. The number of allylic oxidation sites excluding steroid dienone is 2. The lowest BCUT2D eigenvalue weighted by molar-refractivity contribution is -0.129. The maximum atomic E-state index is 12.5. The van der Waals surface area contributed by atoms with Gasteiger partial charge in [-0.1, -0.05) is 41.4 Å². The first-order valence-electron chi connectivity index (χ1n) is 15.0. The van der Waals surface area contributed by atoms with E-state index in [0.717, 1.165) is 4.90 Å². The summed E-state index contributed by atoms with van der Waals surface area (Å²) in [4.78, 5) is 62.6. The van der Waals surface area contributed by atoms with Gasteiger partial charge in [-0.15, -0.1) is 0 Å². The molecule has 6 rings (SSSR count). The highest BCUT2D eigenvalue weighted by molar-refractivity contribution is 14.1. The largest absolute Gasteiger partial charge is 0.508 e. The van der Waals surface area contributed by atoms with E-state index in [1.165, 1.54) is 6.92 Å². The van der Waals surface area contributed by atoms with Gasteiger partial charge in [0.2, 0.25) is 5.91 Å². The first-order chi connectivity index (χ1) is 23.1. The zero-order valence-corrected chi connectivity index (χ0v) is 32.7. The van der Waals surface area contributed by atoms with E-state index in [9.17, 15) is 14.4 Å². The highest BCUT2D eigenvalue weighted by Gasteiger charge is 2.35. The van der Waals surface area contributed by atoms with Crippen molar-refractivity contribution in [3.8, 4) is 0 Å². The number of rotatable bonds is 5. The third-order valence-electron chi connectivity index (χ3n) is 7.25. The fourth-order valence-corrected chi connectivity index (χ4v) is 6.93.